The SMILES string of the molecule is CN(Cc1ccc[nH]1)c1ncncc1C(=O)O. The molecule has 0 radical (unpaired) electrons. The number of hydrogen-bond acceptors (Lipinski definition) is 4. The lowest BCUT2D eigenvalue weighted by molar-refractivity contribution is 0.0696. The van der Waals surface area contributed by atoms with Gasteiger partial charge in [0.15, 0.2) is 0 Å². The molecule has 6 nitrogen and oxygen atoms in total. The summed E-state index contributed by atoms with van der Waals surface area (Å²) in [6.07, 6.45) is 4.46. The minimum absolute atomic E-state index is 0.0987. The van der Waals surface area contributed by atoms with Crippen LogP contribution in [0, 0.1) is 0 Å². The minimum Gasteiger partial charge on any atom is -0.477 e. The van der Waals surface area contributed by atoms with Crippen molar-refractivity contribution in [2.24, 2.45) is 0 Å². The van der Waals surface area contributed by atoms with Crippen LogP contribution in [0.5, 0.6) is 0 Å². The second kappa shape index (κ2) is 4.65. The molecule has 0 aromatic carbocycles. The Balaban J connectivity index is 2.24. The second-order valence-corrected chi connectivity index (χ2v) is 3.62. The average Bonchev–Trinajstić information content (AvgIpc) is 2.81. The number of aromatic nitrogens is 3. The van der Waals surface area contributed by atoms with Crippen molar-refractivity contribution < 1.29 is 9.90 Å². The largest absolute Gasteiger partial charge is 0.477 e. The van der Waals surface area contributed by atoms with E-state index in [1.807, 2.05) is 18.3 Å². The molecule has 2 aromatic heterocycles. The van der Waals surface area contributed by atoms with Crippen LogP contribution in [0.1, 0.15) is 16.1 Å². The number of H-pyrrole nitrogens is 1. The van der Waals surface area contributed by atoms with Gasteiger partial charge in [0.25, 0.3) is 0 Å². The molecule has 0 atom stereocenters. The first kappa shape index (κ1) is 11.1. The number of aromatic amines is 1. The molecule has 0 bridgehead atoms. The van der Waals surface area contributed by atoms with Crippen LogP contribution in [-0.4, -0.2) is 33.1 Å². The minimum atomic E-state index is -1.03. The normalized spacial score (nSPS) is 10.2. The third kappa shape index (κ3) is 2.41. The van der Waals surface area contributed by atoms with Crippen molar-refractivity contribution in [1.82, 2.24) is 15.0 Å². The van der Waals surface area contributed by atoms with Gasteiger partial charge in [-0.1, -0.05) is 0 Å². The molecule has 6 heteroatoms. The van der Waals surface area contributed by atoms with Crippen LogP contribution >= 0.6 is 0 Å². The van der Waals surface area contributed by atoms with E-state index in [0.29, 0.717) is 12.4 Å². The van der Waals surface area contributed by atoms with Gasteiger partial charge in [-0.15, -0.1) is 0 Å². The molecule has 17 heavy (non-hydrogen) atoms. The van der Waals surface area contributed by atoms with E-state index in [4.69, 9.17) is 5.11 Å². The molecule has 88 valence electrons. The van der Waals surface area contributed by atoms with Crippen molar-refractivity contribution >= 4 is 11.8 Å². The lowest BCUT2D eigenvalue weighted by Gasteiger charge is -2.18. The Labute approximate surface area is 97.9 Å². The van der Waals surface area contributed by atoms with E-state index in [1.54, 1.807) is 11.9 Å². The fourth-order valence-electron chi connectivity index (χ4n) is 1.57. The molecule has 2 aromatic rings. The van der Waals surface area contributed by atoms with Crippen LogP contribution < -0.4 is 4.90 Å². The summed E-state index contributed by atoms with van der Waals surface area (Å²) in [6, 6.07) is 3.82. The van der Waals surface area contributed by atoms with E-state index in [2.05, 4.69) is 15.0 Å². The summed E-state index contributed by atoms with van der Waals surface area (Å²) in [5.41, 5.74) is 1.09. The van der Waals surface area contributed by atoms with Crippen LogP contribution in [0.25, 0.3) is 0 Å². The smallest absolute Gasteiger partial charge is 0.341 e. The quantitative estimate of drug-likeness (QED) is 0.826. The standard InChI is InChI=1S/C11H12N4O2/c1-15(6-8-3-2-4-13-8)10-9(11(16)17)5-12-7-14-10/h2-5,7,13H,6H2,1H3,(H,16,17). The number of rotatable bonds is 4. The zero-order valence-corrected chi connectivity index (χ0v) is 9.29. The van der Waals surface area contributed by atoms with E-state index >= 15 is 0 Å². The van der Waals surface area contributed by atoms with Gasteiger partial charge < -0.3 is 15.0 Å². The number of aromatic carboxylic acids is 1. The third-order valence-electron chi connectivity index (χ3n) is 2.35. The van der Waals surface area contributed by atoms with Gasteiger partial charge in [0, 0.05) is 25.1 Å². The van der Waals surface area contributed by atoms with E-state index in [9.17, 15) is 4.79 Å². The Bertz CT molecular complexity index is 510. The molecule has 0 saturated carbocycles. The summed E-state index contributed by atoms with van der Waals surface area (Å²) in [5.74, 6) is -0.624. The topological polar surface area (TPSA) is 82.1 Å². The van der Waals surface area contributed by atoms with Gasteiger partial charge in [0.05, 0.1) is 6.54 Å². The fraction of sp³-hybridized carbons (Fsp3) is 0.182. The number of carboxylic acid groups (broad SMARTS) is 1. The van der Waals surface area contributed by atoms with Crippen LogP contribution in [0.15, 0.2) is 30.9 Å². The van der Waals surface area contributed by atoms with Crippen LogP contribution in [0.2, 0.25) is 0 Å². The zero-order valence-electron chi connectivity index (χ0n) is 9.29. The predicted molar refractivity (Wildman–Crippen MR) is 61.9 cm³/mol. The molecule has 2 rings (SSSR count). The van der Waals surface area contributed by atoms with Crippen molar-refractivity contribution in [3.8, 4) is 0 Å². The van der Waals surface area contributed by atoms with Crippen molar-refractivity contribution in [3.05, 3.63) is 42.1 Å². The average molecular weight is 232 g/mol. The van der Waals surface area contributed by atoms with Crippen molar-refractivity contribution in [1.29, 1.82) is 0 Å². The zero-order chi connectivity index (χ0) is 12.3. The number of hydrogen-bond donors (Lipinski definition) is 2. The number of nitrogens with zero attached hydrogens (tertiary/aromatic N) is 3. The van der Waals surface area contributed by atoms with Gasteiger partial charge in [0.2, 0.25) is 0 Å². The summed E-state index contributed by atoms with van der Waals surface area (Å²) < 4.78 is 0. The number of carboxylic acids is 1. The second-order valence-electron chi connectivity index (χ2n) is 3.62. The molecular weight excluding hydrogens is 220 g/mol. The van der Waals surface area contributed by atoms with E-state index < -0.39 is 5.97 Å². The maximum absolute atomic E-state index is 11.0. The van der Waals surface area contributed by atoms with Crippen molar-refractivity contribution in [2.75, 3.05) is 11.9 Å². The lowest BCUT2D eigenvalue weighted by Crippen LogP contribution is -2.21. The molecule has 0 unspecified atom stereocenters. The van der Waals surface area contributed by atoms with Crippen molar-refractivity contribution in [3.63, 3.8) is 0 Å². The highest BCUT2D eigenvalue weighted by Gasteiger charge is 2.15. The highest BCUT2D eigenvalue weighted by atomic mass is 16.4. The van der Waals surface area contributed by atoms with Crippen LogP contribution in [-0.2, 0) is 6.54 Å². The number of anilines is 1. The molecule has 0 saturated heterocycles. The molecule has 2 heterocycles. The van der Waals surface area contributed by atoms with Crippen molar-refractivity contribution in [2.45, 2.75) is 6.54 Å². The summed E-state index contributed by atoms with van der Waals surface area (Å²) >= 11 is 0. The summed E-state index contributed by atoms with van der Waals surface area (Å²) in [4.78, 5) is 23.5. The van der Waals surface area contributed by atoms with Gasteiger partial charge in [-0.25, -0.2) is 14.8 Å². The highest BCUT2D eigenvalue weighted by molar-refractivity contribution is 5.92. The van der Waals surface area contributed by atoms with Gasteiger partial charge >= 0.3 is 5.97 Å². The highest BCUT2D eigenvalue weighted by Crippen LogP contribution is 2.16. The Morgan fingerprint density at radius 2 is 2.41 bits per heavy atom. The van der Waals surface area contributed by atoms with Crippen LogP contribution in [0.3, 0.4) is 0 Å². The Morgan fingerprint density at radius 1 is 1.59 bits per heavy atom. The third-order valence-corrected chi connectivity index (χ3v) is 2.35. The predicted octanol–water partition coefficient (Wildman–Crippen LogP) is 1.14. The molecule has 0 aliphatic heterocycles. The van der Waals surface area contributed by atoms with E-state index in [-0.39, 0.29) is 5.56 Å². The maximum atomic E-state index is 11.0. The van der Waals surface area contributed by atoms with Gasteiger partial charge in [-0.3, -0.25) is 0 Å². The molecule has 2 N–H and O–H groups in total. The summed E-state index contributed by atoms with van der Waals surface area (Å²) in [6.45, 7) is 0.560. The first-order valence-electron chi connectivity index (χ1n) is 5.05. The number of carbonyl (C=O) groups is 1. The monoisotopic (exact) mass is 232 g/mol. The van der Waals surface area contributed by atoms with Gasteiger partial charge in [-0.05, 0) is 12.1 Å². The molecule has 0 aliphatic carbocycles. The lowest BCUT2D eigenvalue weighted by atomic mass is 10.3. The molecule has 0 aliphatic rings. The van der Waals surface area contributed by atoms with Crippen LogP contribution in [0.4, 0.5) is 5.82 Å². The molecule has 0 amide bonds. The maximum Gasteiger partial charge on any atom is 0.341 e. The summed E-state index contributed by atoms with van der Waals surface area (Å²) in [5, 5.41) is 9.03. The Kier molecular flexibility index (Phi) is 3.04. The van der Waals surface area contributed by atoms with E-state index in [0.717, 1.165) is 5.69 Å². The van der Waals surface area contributed by atoms with Gasteiger partial charge in [-0.2, -0.15) is 0 Å². The Hall–Kier alpha value is -2.37. The van der Waals surface area contributed by atoms with E-state index in [1.165, 1.54) is 12.5 Å². The number of nitrogens with one attached hydrogen (secondary N) is 1. The Morgan fingerprint density at radius 3 is 3.06 bits per heavy atom. The summed E-state index contributed by atoms with van der Waals surface area (Å²) in [7, 11) is 1.79. The molecular formula is C11H12N4O2. The first-order valence-corrected chi connectivity index (χ1v) is 5.05. The fourth-order valence-corrected chi connectivity index (χ4v) is 1.57. The molecule has 0 fully saturated rings. The first-order chi connectivity index (χ1) is 8.18. The molecule has 0 spiro atoms. The van der Waals surface area contributed by atoms with Gasteiger partial charge in [0.1, 0.15) is 17.7 Å².